The molecule has 0 unspecified atom stereocenters. The maximum absolute atomic E-state index is 12.5. The molecule has 2 aromatic heterocycles. The average Bonchev–Trinajstić information content (AvgIpc) is 2.83. The number of rotatable bonds is 4. The maximum atomic E-state index is 12.5. The molecule has 3 rings (SSSR count). The number of carbonyl (C=O) groups excluding carboxylic acids is 1. The smallest absolute Gasteiger partial charge is 0.325 e. The van der Waals surface area contributed by atoms with Gasteiger partial charge in [-0.25, -0.2) is 9.78 Å². The zero-order valence-corrected chi connectivity index (χ0v) is 16.5. The fourth-order valence-electron chi connectivity index (χ4n) is 3.11. The molecule has 2 aromatic rings. The number of hydrogen-bond donors (Lipinski definition) is 2. The molecule has 0 bridgehead atoms. The number of amides is 2. The fourth-order valence-corrected chi connectivity index (χ4v) is 3.11. The molecule has 27 heavy (non-hydrogen) atoms. The second-order valence-electron chi connectivity index (χ2n) is 7.15. The van der Waals surface area contributed by atoms with Crippen LogP contribution in [0.4, 0.5) is 22.3 Å². The van der Waals surface area contributed by atoms with Crippen molar-refractivity contribution in [2.75, 3.05) is 42.7 Å². The summed E-state index contributed by atoms with van der Waals surface area (Å²) in [5.74, 6) is 1.65. The first-order chi connectivity index (χ1) is 12.9. The Morgan fingerprint density at radius 2 is 2.07 bits per heavy atom. The molecule has 0 radical (unpaired) electrons. The maximum Gasteiger partial charge on any atom is 0.325 e. The number of aromatic nitrogens is 2. The van der Waals surface area contributed by atoms with Gasteiger partial charge in [0.25, 0.3) is 0 Å². The summed E-state index contributed by atoms with van der Waals surface area (Å²) in [7, 11) is 3.95. The van der Waals surface area contributed by atoms with E-state index in [1.165, 1.54) is 0 Å². The van der Waals surface area contributed by atoms with Crippen LogP contribution in [0.1, 0.15) is 30.7 Å². The minimum atomic E-state index is -0.158. The zero-order valence-electron chi connectivity index (χ0n) is 16.5. The van der Waals surface area contributed by atoms with Crippen LogP contribution >= 0.6 is 0 Å². The van der Waals surface area contributed by atoms with Gasteiger partial charge in [0, 0.05) is 33.2 Å². The van der Waals surface area contributed by atoms with Crippen LogP contribution in [0.25, 0.3) is 0 Å². The SMILES string of the molecule is Cc1nc(NC(=O)N2CCC[C@@H](Nc3ccc(N(C)C)nc3)CC2)oc1C. The molecule has 1 aliphatic rings. The van der Waals surface area contributed by atoms with Crippen molar-refractivity contribution in [1.82, 2.24) is 14.9 Å². The number of nitrogens with zero attached hydrogens (tertiary/aromatic N) is 4. The predicted octanol–water partition coefficient (Wildman–Crippen LogP) is 3.25. The van der Waals surface area contributed by atoms with Gasteiger partial charge in [-0.2, -0.15) is 4.98 Å². The summed E-state index contributed by atoms with van der Waals surface area (Å²) in [5, 5.41) is 6.29. The Balaban J connectivity index is 1.52. The van der Waals surface area contributed by atoms with Crippen molar-refractivity contribution in [2.24, 2.45) is 0 Å². The molecule has 0 spiro atoms. The first-order valence-corrected chi connectivity index (χ1v) is 9.32. The second-order valence-corrected chi connectivity index (χ2v) is 7.15. The summed E-state index contributed by atoms with van der Waals surface area (Å²) in [6.45, 7) is 5.10. The van der Waals surface area contributed by atoms with E-state index in [1.807, 2.05) is 56.1 Å². The van der Waals surface area contributed by atoms with E-state index in [9.17, 15) is 4.79 Å². The van der Waals surface area contributed by atoms with Crippen molar-refractivity contribution in [2.45, 2.75) is 39.2 Å². The predicted molar refractivity (Wildman–Crippen MR) is 106 cm³/mol. The number of hydrogen-bond acceptors (Lipinski definition) is 6. The van der Waals surface area contributed by atoms with Gasteiger partial charge in [0.15, 0.2) is 0 Å². The largest absolute Gasteiger partial charge is 0.428 e. The van der Waals surface area contributed by atoms with Crippen LogP contribution in [0.15, 0.2) is 22.7 Å². The Hall–Kier alpha value is -2.77. The van der Waals surface area contributed by atoms with E-state index in [0.29, 0.717) is 12.6 Å². The standard InChI is InChI=1S/C19H28N6O2/c1-13-14(2)27-18(21-13)23-19(26)25-10-5-6-15(9-11-25)22-16-7-8-17(20-12-16)24(3)4/h7-8,12,15,22H,5-6,9-11H2,1-4H3,(H,21,23,26)/t15-/m1/s1. The van der Waals surface area contributed by atoms with Crippen LogP contribution in [0.5, 0.6) is 0 Å². The molecule has 0 aromatic carbocycles. The van der Waals surface area contributed by atoms with Gasteiger partial charge in [0.1, 0.15) is 11.6 Å². The van der Waals surface area contributed by atoms with Gasteiger partial charge in [0.2, 0.25) is 0 Å². The van der Waals surface area contributed by atoms with Crippen molar-refractivity contribution in [1.29, 1.82) is 0 Å². The van der Waals surface area contributed by atoms with Crippen molar-refractivity contribution in [3.63, 3.8) is 0 Å². The van der Waals surface area contributed by atoms with E-state index in [1.54, 1.807) is 0 Å². The quantitative estimate of drug-likeness (QED) is 0.857. The van der Waals surface area contributed by atoms with Gasteiger partial charge in [0.05, 0.1) is 17.6 Å². The lowest BCUT2D eigenvalue weighted by Gasteiger charge is -2.21. The molecule has 2 amide bonds. The summed E-state index contributed by atoms with van der Waals surface area (Å²) in [4.78, 5) is 24.9. The van der Waals surface area contributed by atoms with Crippen LogP contribution in [-0.2, 0) is 0 Å². The van der Waals surface area contributed by atoms with Crippen molar-refractivity contribution in [3.05, 3.63) is 29.8 Å². The average molecular weight is 372 g/mol. The molecule has 0 aliphatic carbocycles. The Morgan fingerprint density at radius 1 is 1.26 bits per heavy atom. The first kappa shape index (κ1) is 19.0. The Morgan fingerprint density at radius 3 is 2.70 bits per heavy atom. The number of aryl methyl sites for hydroxylation is 2. The van der Waals surface area contributed by atoms with Gasteiger partial charge in [-0.15, -0.1) is 0 Å². The monoisotopic (exact) mass is 372 g/mol. The third-order valence-electron chi connectivity index (χ3n) is 4.83. The molecule has 8 nitrogen and oxygen atoms in total. The van der Waals surface area contributed by atoms with Crippen LogP contribution < -0.4 is 15.5 Å². The lowest BCUT2D eigenvalue weighted by Crippen LogP contribution is -2.36. The van der Waals surface area contributed by atoms with Crippen LogP contribution in [0, 0.1) is 13.8 Å². The summed E-state index contributed by atoms with van der Waals surface area (Å²) in [6, 6.07) is 4.47. The highest BCUT2D eigenvalue weighted by molar-refractivity contribution is 5.87. The minimum absolute atomic E-state index is 0.158. The third kappa shape index (κ3) is 4.90. The van der Waals surface area contributed by atoms with E-state index in [4.69, 9.17) is 4.42 Å². The number of oxazole rings is 1. The molecule has 1 atom stereocenters. The van der Waals surface area contributed by atoms with Crippen LogP contribution in [0.3, 0.4) is 0 Å². The van der Waals surface area contributed by atoms with Gasteiger partial charge >= 0.3 is 12.0 Å². The highest BCUT2D eigenvalue weighted by Crippen LogP contribution is 2.19. The van der Waals surface area contributed by atoms with Crippen molar-refractivity contribution < 1.29 is 9.21 Å². The van der Waals surface area contributed by atoms with Gasteiger partial charge < -0.3 is 19.5 Å². The number of nitrogens with one attached hydrogen (secondary N) is 2. The molecule has 146 valence electrons. The molecule has 0 saturated carbocycles. The van der Waals surface area contributed by atoms with Gasteiger partial charge in [-0.1, -0.05) is 0 Å². The number of pyridine rings is 1. The molecule has 1 saturated heterocycles. The van der Waals surface area contributed by atoms with Crippen LogP contribution in [-0.4, -0.2) is 54.1 Å². The summed E-state index contributed by atoms with van der Waals surface area (Å²) in [5.41, 5.74) is 1.80. The Kier molecular flexibility index (Phi) is 5.83. The second kappa shape index (κ2) is 8.28. The van der Waals surface area contributed by atoms with Crippen LogP contribution in [0.2, 0.25) is 0 Å². The number of likely N-dealkylation sites (tertiary alicyclic amines) is 1. The molecular weight excluding hydrogens is 344 g/mol. The lowest BCUT2D eigenvalue weighted by atomic mass is 10.1. The summed E-state index contributed by atoms with van der Waals surface area (Å²) >= 11 is 0. The molecule has 3 heterocycles. The highest BCUT2D eigenvalue weighted by Gasteiger charge is 2.22. The minimum Gasteiger partial charge on any atom is -0.428 e. The van der Waals surface area contributed by atoms with Crippen molar-refractivity contribution in [3.8, 4) is 0 Å². The van der Waals surface area contributed by atoms with E-state index < -0.39 is 0 Å². The third-order valence-corrected chi connectivity index (χ3v) is 4.83. The topological polar surface area (TPSA) is 86.5 Å². The normalized spacial score (nSPS) is 17.3. The molecule has 1 fully saturated rings. The number of carbonyl (C=O) groups is 1. The number of anilines is 3. The lowest BCUT2D eigenvalue weighted by molar-refractivity contribution is 0.213. The fraction of sp³-hybridized carbons (Fsp3) is 0.526. The number of urea groups is 1. The van der Waals surface area contributed by atoms with Crippen molar-refractivity contribution >= 4 is 23.6 Å². The molecular formula is C19H28N6O2. The highest BCUT2D eigenvalue weighted by atomic mass is 16.4. The van der Waals surface area contributed by atoms with Gasteiger partial charge in [-0.3, -0.25) is 5.32 Å². The van der Waals surface area contributed by atoms with E-state index in [-0.39, 0.29) is 12.0 Å². The first-order valence-electron chi connectivity index (χ1n) is 9.32. The summed E-state index contributed by atoms with van der Waals surface area (Å²) < 4.78 is 5.44. The van der Waals surface area contributed by atoms with E-state index in [2.05, 4.69) is 20.6 Å². The zero-order chi connectivity index (χ0) is 19.4. The molecule has 2 N–H and O–H groups in total. The Labute approximate surface area is 160 Å². The van der Waals surface area contributed by atoms with E-state index in [0.717, 1.165) is 48.8 Å². The molecule has 8 heteroatoms. The van der Waals surface area contributed by atoms with Gasteiger partial charge in [-0.05, 0) is 45.2 Å². The Bertz CT molecular complexity index is 752. The summed E-state index contributed by atoms with van der Waals surface area (Å²) in [6.07, 6.45) is 4.69. The molecule has 1 aliphatic heterocycles. The van der Waals surface area contributed by atoms with E-state index >= 15 is 0 Å².